The monoisotopic (exact) mass is 338 g/mol. The van der Waals surface area contributed by atoms with Crippen molar-refractivity contribution in [3.63, 3.8) is 0 Å². The second-order valence-corrected chi connectivity index (χ2v) is 6.57. The first-order valence-electron chi connectivity index (χ1n) is 7.43. The molecule has 0 radical (unpaired) electrons. The first-order valence-corrected chi connectivity index (χ1v) is 8.31. The Labute approximate surface area is 142 Å². The highest BCUT2D eigenvalue weighted by atomic mass is 32.2. The summed E-state index contributed by atoms with van der Waals surface area (Å²) >= 11 is 1.44. The number of H-pyrrole nitrogens is 1. The summed E-state index contributed by atoms with van der Waals surface area (Å²) in [6.45, 7) is 1.99. The number of rotatable bonds is 4. The molecule has 0 bridgehead atoms. The molecule has 6 nitrogen and oxygen atoms in total. The lowest BCUT2D eigenvalue weighted by Crippen LogP contribution is -1.89. The molecule has 0 saturated heterocycles. The SMILES string of the molecule is C[C@@H](Sc1n[nH]c(-c2ccccc2O)n1)c1nc2ccccc2o1. The second kappa shape index (κ2) is 6.01. The van der Waals surface area contributed by atoms with Crippen LogP contribution in [0.5, 0.6) is 5.75 Å². The van der Waals surface area contributed by atoms with E-state index in [4.69, 9.17) is 4.42 Å². The third kappa shape index (κ3) is 2.74. The van der Waals surface area contributed by atoms with Crippen molar-refractivity contribution in [2.75, 3.05) is 0 Å². The van der Waals surface area contributed by atoms with E-state index in [2.05, 4.69) is 20.2 Å². The average Bonchev–Trinajstić information content (AvgIpc) is 3.22. The van der Waals surface area contributed by atoms with Crippen molar-refractivity contribution >= 4 is 22.9 Å². The predicted octanol–water partition coefficient (Wildman–Crippen LogP) is 4.17. The largest absolute Gasteiger partial charge is 0.507 e. The summed E-state index contributed by atoms with van der Waals surface area (Å²) in [6, 6.07) is 14.7. The highest BCUT2D eigenvalue weighted by molar-refractivity contribution is 7.99. The van der Waals surface area contributed by atoms with E-state index < -0.39 is 0 Å². The molecule has 2 N–H and O–H groups in total. The molecule has 2 aromatic carbocycles. The van der Waals surface area contributed by atoms with Crippen molar-refractivity contribution in [1.29, 1.82) is 0 Å². The molecule has 0 unspecified atom stereocenters. The van der Waals surface area contributed by atoms with Crippen LogP contribution in [0.15, 0.2) is 58.1 Å². The molecular weight excluding hydrogens is 324 g/mol. The van der Waals surface area contributed by atoms with Gasteiger partial charge in [0.25, 0.3) is 0 Å². The standard InChI is InChI=1S/C17H14N4O2S/c1-10(16-18-12-7-3-5-9-14(12)23-16)24-17-19-15(20-21-17)11-6-2-4-8-13(11)22/h2-10,22H,1H3,(H,19,20,21)/t10-/m1/s1. The summed E-state index contributed by atoms with van der Waals surface area (Å²) in [6.07, 6.45) is 0. The van der Waals surface area contributed by atoms with Gasteiger partial charge in [0.15, 0.2) is 11.4 Å². The van der Waals surface area contributed by atoms with Crippen LogP contribution in [-0.2, 0) is 0 Å². The minimum Gasteiger partial charge on any atom is -0.507 e. The number of benzene rings is 2. The number of phenolic OH excluding ortho intramolecular Hbond substituents is 1. The fourth-order valence-corrected chi connectivity index (χ4v) is 3.13. The quantitative estimate of drug-likeness (QED) is 0.543. The van der Waals surface area contributed by atoms with Crippen molar-refractivity contribution < 1.29 is 9.52 Å². The molecule has 0 aliphatic heterocycles. The number of aromatic nitrogens is 4. The van der Waals surface area contributed by atoms with Crippen LogP contribution in [0.25, 0.3) is 22.5 Å². The summed E-state index contributed by atoms with van der Waals surface area (Å²) in [5.74, 6) is 1.33. The number of para-hydroxylation sites is 3. The summed E-state index contributed by atoms with van der Waals surface area (Å²) in [5, 5.41) is 17.5. The van der Waals surface area contributed by atoms with Crippen molar-refractivity contribution in [2.45, 2.75) is 17.3 Å². The van der Waals surface area contributed by atoms with E-state index >= 15 is 0 Å². The zero-order chi connectivity index (χ0) is 16.5. The summed E-state index contributed by atoms with van der Waals surface area (Å²) in [4.78, 5) is 8.92. The van der Waals surface area contributed by atoms with Gasteiger partial charge in [-0.05, 0) is 31.2 Å². The summed E-state index contributed by atoms with van der Waals surface area (Å²) in [7, 11) is 0. The Balaban J connectivity index is 1.56. The maximum absolute atomic E-state index is 9.89. The number of aromatic hydroxyl groups is 1. The number of hydrogen-bond acceptors (Lipinski definition) is 6. The highest BCUT2D eigenvalue weighted by Crippen LogP contribution is 2.35. The third-order valence-electron chi connectivity index (χ3n) is 3.56. The van der Waals surface area contributed by atoms with Crippen LogP contribution in [-0.4, -0.2) is 25.3 Å². The predicted molar refractivity (Wildman–Crippen MR) is 91.8 cm³/mol. The molecule has 0 aliphatic rings. The van der Waals surface area contributed by atoms with Gasteiger partial charge in [0.2, 0.25) is 11.0 Å². The van der Waals surface area contributed by atoms with Crippen molar-refractivity contribution in [3.05, 3.63) is 54.4 Å². The number of fused-ring (bicyclic) bond motifs is 1. The highest BCUT2D eigenvalue weighted by Gasteiger charge is 2.18. The average molecular weight is 338 g/mol. The lowest BCUT2D eigenvalue weighted by Gasteiger charge is -2.02. The van der Waals surface area contributed by atoms with Crippen LogP contribution in [0.1, 0.15) is 18.1 Å². The summed E-state index contributed by atoms with van der Waals surface area (Å²) in [5.41, 5.74) is 2.22. The van der Waals surface area contributed by atoms with E-state index in [0.717, 1.165) is 11.1 Å². The fraction of sp³-hybridized carbons (Fsp3) is 0.118. The van der Waals surface area contributed by atoms with E-state index in [1.807, 2.05) is 37.3 Å². The Morgan fingerprint density at radius 3 is 2.71 bits per heavy atom. The number of nitrogens with one attached hydrogen (secondary N) is 1. The van der Waals surface area contributed by atoms with Crippen LogP contribution in [0.4, 0.5) is 0 Å². The molecule has 0 amide bonds. The van der Waals surface area contributed by atoms with Gasteiger partial charge in [-0.15, -0.1) is 5.10 Å². The fourth-order valence-electron chi connectivity index (χ4n) is 2.37. The Hall–Kier alpha value is -2.80. The van der Waals surface area contributed by atoms with Gasteiger partial charge in [-0.25, -0.2) is 9.97 Å². The number of phenols is 1. The molecule has 2 heterocycles. The van der Waals surface area contributed by atoms with Gasteiger partial charge in [-0.3, -0.25) is 5.10 Å². The van der Waals surface area contributed by atoms with E-state index in [0.29, 0.717) is 22.4 Å². The first-order chi connectivity index (χ1) is 11.7. The van der Waals surface area contributed by atoms with Crippen LogP contribution in [0.2, 0.25) is 0 Å². The lowest BCUT2D eigenvalue weighted by atomic mass is 10.2. The molecule has 0 saturated carbocycles. The number of thioether (sulfide) groups is 1. The zero-order valence-corrected chi connectivity index (χ0v) is 13.6. The first kappa shape index (κ1) is 14.8. The number of oxazole rings is 1. The van der Waals surface area contributed by atoms with E-state index in [9.17, 15) is 5.11 Å². The van der Waals surface area contributed by atoms with Gasteiger partial charge in [0.1, 0.15) is 11.3 Å². The van der Waals surface area contributed by atoms with E-state index in [1.165, 1.54) is 11.8 Å². The minimum atomic E-state index is -0.0366. The van der Waals surface area contributed by atoms with Crippen molar-refractivity contribution in [1.82, 2.24) is 20.2 Å². The molecule has 0 aliphatic carbocycles. The smallest absolute Gasteiger partial charge is 0.209 e. The normalized spacial score (nSPS) is 12.5. The van der Waals surface area contributed by atoms with Gasteiger partial charge < -0.3 is 9.52 Å². The van der Waals surface area contributed by atoms with Gasteiger partial charge in [0, 0.05) is 0 Å². The van der Waals surface area contributed by atoms with Gasteiger partial charge >= 0.3 is 0 Å². The topological polar surface area (TPSA) is 87.8 Å². The van der Waals surface area contributed by atoms with E-state index in [-0.39, 0.29) is 11.0 Å². The Kier molecular flexibility index (Phi) is 3.70. The molecule has 4 aromatic rings. The summed E-state index contributed by atoms with van der Waals surface area (Å²) < 4.78 is 5.77. The lowest BCUT2D eigenvalue weighted by molar-refractivity contribution is 0.477. The van der Waals surface area contributed by atoms with Gasteiger partial charge in [0.05, 0.1) is 10.8 Å². The molecule has 1 atom stereocenters. The number of hydrogen-bond donors (Lipinski definition) is 2. The molecule has 120 valence electrons. The van der Waals surface area contributed by atoms with Gasteiger partial charge in [-0.1, -0.05) is 36.0 Å². The van der Waals surface area contributed by atoms with Crippen LogP contribution in [0.3, 0.4) is 0 Å². The molecular formula is C17H14N4O2S. The molecule has 0 fully saturated rings. The maximum Gasteiger partial charge on any atom is 0.209 e. The zero-order valence-electron chi connectivity index (χ0n) is 12.8. The minimum absolute atomic E-state index is 0.0366. The maximum atomic E-state index is 9.89. The van der Waals surface area contributed by atoms with Gasteiger partial charge in [-0.2, -0.15) is 0 Å². The van der Waals surface area contributed by atoms with Crippen molar-refractivity contribution in [2.24, 2.45) is 0 Å². The molecule has 0 spiro atoms. The van der Waals surface area contributed by atoms with Crippen LogP contribution >= 0.6 is 11.8 Å². The number of nitrogens with zero attached hydrogens (tertiary/aromatic N) is 3. The second-order valence-electron chi connectivity index (χ2n) is 5.26. The van der Waals surface area contributed by atoms with Crippen LogP contribution in [0, 0.1) is 0 Å². The van der Waals surface area contributed by atoms with Crippen LogP contribution < -0.4 is 0 Å². The number of aromatic amines is 1. The molecule has 24 heavy (non-hydrogen) atoms. The van der Waals surface area contributed by atoms with E-state index in [1.54, 1.807) is 18.2 Å². The molecule has 2 aromatic heterocycles. The Morgan fingerprint density at radius 2 is 1.88 bits per heavy atom. The third-order valence-corrected chi connectivity index (χ3v) is 4.51. The Bertz CT molecular complexity index is 962. The molecule has 7 heteroatoms. The Morgan fingerprint density at radius 1 is 1.08 bits per heavy atom. The van der Waals surface area contributed by atoms with Crippen molar-refractivity contribution in [3.8, 4) is 17.1 Å². The molecule has 4 rings (SSSR count).